The summed E-state index contributed by atoms with van der Waals surface area (Å²) in [5.74, 6) is -0.730. The van der Waals surface area contributed by atoms with E-state index in [2.05, 4.69) is 33.8 Å². The quantitative estimate of drug-likeness (QED) is 0.695. The highest BCUT2D eigenvalue weighted by Gasteiger charge is 2.64. The van der Waals surface area contributed by atoms with Gasteiger partial charge in [-0.3, -0.25) is 4.79 Å². The van der Waals surface area contributed by atoms with Crippen LogP contribution in [-0.4, -0.2) is 47.2 Å². The molecule has 0 aromatic carbocycles. The van der Waals surface area contributed by atoms with Gasteiger partial charge in [-0.15, -0.1) is 0 Å². The number of ketones is 1. The molecular formula is C25H34O5. The fraction of sp³-hybridized carbons (Fsp3) is 0.720. The summed E-state index contributed by atoms with van der Waals surface area (Å²) in [6.45, 7) is 10.7. The molecule has 2 bridgehead atoms. The first-order chi connectivity index (χ1) is 14.1. The number of carbonyl (C=O) groups excluding carboxylic acids is 1. The maximum absolute atomic E-state index is 12.2. The molecule has 1 aliphatic carbocycles. The molecule has 5 aliphatic rings. The molecule has 5 heteroatoms. The highest BCUT2D eigenvalue weighted by atomic mass is 16.7. The Labute approximate surface area is 179 Å². The lowest BCUT2D eigenvalue weighted by molar-refractivity contribution is -0.252. The van der Waals surface area contributed by atoms with Crippen LogP contribution in [0.2, 0.25) is 0 Å². The van der Waals surface area contributed by atoms with Gasteiger partial charge in [0.25, 0.3) is 0 Å². The van der Waals surface area contributed by atoms with E-state index in [1.807, 2.05) is 19.1 Å². The van der Waals surface area contributed by atoms with Gasteiger partial charge >= 0.3 is 0 Å². The molecule has 0 aromatic heterocycles. The van der Waals surface area contributed by atoms with Gasteiger partial charge in [-0.2, -0.15) is 0 Å². The van der Waals surface area contributed by atoms with Crippen molar-refractivity contribution in [3.63, 3.8) is 0 Å². The summed E-state index contributed by atoms with van der Waals surface area (Å²) in [5.41, 5.74) is 2.65. The highest BCUT2D eigenvalue weighted by molar-refractivity contribution is 5.96. The minimum absolute atomic E-state index is 0.0247. The van der Waals surface area contributed by atoms with Crippen LogP contribution < -0.4 is 0 Å². The van der Waals surface area contributed by atoms with Crippen molar-refractivity contribution in [1.82, 2.24) is 0 Å². The predicted octanol–water partition coefficient (Wildman–Crippen LogP) is 3.86. The Bertz CT molecular complexity index is 862. The molecule has 30 heavy (non-hydrogen) atoms. The maximum Gasteiger partial charge on any atom is 0.209 e. The summed E-state index contributed by atoms with van der Waals surface area (Å²) < 4.78 is 19.8. The van der Waals surface area contributed by atoms with E-state index in [0.29, 0.717) is 6.42 Å². The first-order valence-corrected chi connectivity index (χ1v) is 11.3. The zero-order valence-electron chi connectivity index (χ0n) is 18.7. The van der Waals surface area contributed by atoms with E-state index in [9.17, 15) is 9.90 Å². The first-order valence-electron chi connectivity index (χ1n) is 11.3. The van der Waals surface area contributed by atoms with Gasteiger partial charge in [-0.05, 0) is 74.8 Å². The highest BCUT2D eigenvalue weighted by Crippen LogP contribution is 2.61. The van der Waals surface area contributed by atoms with Crippen LogP contribution in [0.3, 0.4) is 0 Å². The molecule has 2 saturated heterocycles. The number of rotatable bonds is 2. The molecule has 5 rings (SSSR count). The summed E-state index contributed by atoms with van der Waals surface area (Å²) in [6, 6.07) is 0. The van der Waals surface area contributed by atoms with E-state index in [4.69, 9.17) is 14.2 Å². The smallest absolute Gasteiger partial charge is 0.209 e. The average Bonchev–Trinajstić information content (AvgIpc) is 3.13. The van der Waals surface area contributed by atoms with E-state index in [0.717, 1.165) is 30.4 Å². The molecule has 4 aliphatic heterocycles. The maximum atomic E-state index is 12.2. The predicted molar refractivity (Wildman–Crippen MR) is 113 cm³/mol. The number of Topliss-reactive ketones (excluding diaryl/α,β-unsaturated/α-hetero) is 1. The van der Waals surface area contributed by atoms with E-state index < -0.39 is 5.79 Å². The lowest BCUT2D eigenvalue weighted by atomic mass is 9.61. The van der Waals surface area contributed by atoms with Crippen LogP contribution in [0.4, 0.5) is 0 Å². The molecule has 7 atom stereocenters. The number of hydrogen-bond donors (Lipinski definition) is 1. The molecule has 0 radical (unpaired) electrons. The standard InChI is InChI=1S/C25H34O5/c1-14-8-20(22-23(3,4)21-6-7-24(22,5)30-21)29-25(11-14)12-16(13-26)17-10-18(27)15(2)9-19(17)28-25/h9,11-12,17,19-22,26H,6-8,10,13H2,1-5H3. The van der Waals surface area contributed by atoms with E-state index in [-0.39, 0.29) is 53.6 Å². The zero-order valence-corrected chi connectivity index (χ0v) is 18.7. The fourth-order valence-corrected chi connectivity index (χ4v) is 6.99. The molecule has 2 fully saturated rings. The summed E-state index contributed by atoms with van der Waals surface area (Å²) in [4.78, 5) is 12.2. The minimum atomic E-state index is -1.00. The Morgan fingerprint density at radius 2 is 1.87 bits per heavy atom. The average molecular weight is 415 g/mol. The van der Waals surface area contributed by atoms with Crippen molar-refractivity contribution in [1.29, 1.82) is 0 Å². The topological polar surface area (TPSA) is 65.0 Å². The fourth-order valence-electron chi connectivity index (χ4n) is 6.99. The van der Waals surface area contributed by atoms with Crippen molar-refractivity contribution < 1.29 is 24.1 Å². The van der Waals surface area contributed by atoms with Crippen molar-refractivity contribution in [2.24, 2.45) is 17.3 Å². The second kappa shape index (κ2) is 6.61. The number of allylic oxidation sites excluding steroid dienone is 1. The van der Waals surface area contributed by atoms with Crippen LogP contribution in [0.15, 0.2) is 34.9 Å². The number of aliphatic hydroxyl groups is 1. The van der Waals surface area contributed by atoms with Crippen LogP contribution in [0.1, 0.15) is 60.3 Å². The largest absolute Gasteiger partial charge is 0.392 e. The van der Waals surface area contributed by atoms with E-state index in [1.165, 1.54) is 5.57 Å². The molecule has 0 saturated carbocycles. The van der Waals surface area contributed by atoms with Crippen molar-refractivity contribution in [3.05, 3.63) is 34.9 Å². The van der Waals surface area contributed by atoms with Crippen LogP contribution in [0.5, 0.6) is 0 Å². The van der Waals surface area contributed by atoms with Crippen LogP contribution in [0, 0.1) is 17.3 Å². The molecule has 1 N–H and O–H groups in total. The Kier molecular flexibility index (Phi) is 4.55. The second-order valence-electron chi connectivity index (χ2n) is 10.9. The van der Waals surface area contributed by atoms with Gasteiger partial charge in [-0.1, -0.05) is 19.4 Å². The lowest BCUT2D eigenvalue weighted by Gasteiger charge is -2.50. The number of fused-ring (bicyclic) bond motifs is 3. The zero-order chi connectivity index (χ0) is 21.5. The van der Waals surface area contributed by atoms with Gasteiger partial charge < -0.3 is 19.3 Å². The second-order valence-corrected chi connectivity index (χ2v) is 10.9. The molecular weight excluding hydrogens is 380 g/mol. The van der Waals surface area contributed by atoms with E-state index >= 15 is 0 Å². The Hall–Kier alpha value is -1.27. The van der Waals surface area contributed by atoms with Crippen LogP contribution in [0.25, 0.3) is 0 Å². The first kappa shape index (κ1) is 20.6. The molecule has 0 amide bonds. The monoisotopic (exact) mass is 414 g/mol. The third kappa shape index (κ3) is 2.93. The molecule has 164 valence electrons. The number of hydrogen-bond acceptors (Lipinski definition) is 5. The number of ether oxygens (including phenoxy) is 3. The third-order valence-electron chi connectivity index (χ3n) is 8.30. The summed E-state index contributed by atoms with van der Waals surface area (Å²) in [7, 11) is 0. The van der Waals surface area contributed by atoms with Crippen LogP contribution >= 0.6 is 0 Å². The molecule has 5 nitrogen and oxygen atoms in total. The Balaban J connectivity index is 1.51. The van der Waals surface area contributed by atoms with Crippen molar-refractivity contribution in [3.8, 4) is 0 Å². The van der Waals surface area contributed by atoms with Gasteiger partial charge in [-0.25, -0.2) is 0 Å². The summed E-state index contributed by atoms with van der Waals surface area (Å²) >= 11 is 0. The molecule has 4 heterocycles. The number of aliphatic hydroxyl groups excluding tert-OH is 1. The van der Waals surface area contributed by atoms with Crippen LogP contribution in [-0.2, 0) is 19.0 Å². The Morgan fingerprint density at radius 3 is 2.53 bits per heavy atom. The lowest BCUT2D eigenvalue weighted by Crippen LogP contribution is -2.55. The normalized spacial score (nSPS) is 47.1. The van der Waals surface area contributed by atoms with Gasteiger partial charge in [0.15, 0.2) is 5.78 Å². The van der Waals surface area contributed by atoms with Crippen molar-refractivity contribution in [2.45, 2.75) is 90.0 Å². The Morgan fingerprint density at radius 1 is 1.10 bits per heavy atom. The third-order valence-corrected chi connectivity index (χ3v) is 8.30. The SMILES string of the molecule is CC1=CC2(C=C(CO)C3CC(=O)C(C)=CC3O2)OC(C2C3(C)CCC(O3)C2(C)C)C1. The molecule has 1 spiro atoms. The van der Waals surface area contributed by atoms with Gasteiger partial charge in [0.2, 0.25) is 5.79 Å². The van der Waals surface area contributed by atoms with Crippen molar-refractivity contribution in [2.75, 3.05) is 6.61 Å². The minimum Gasteiger partial charge on any atom is -0.392 e. The van der Waals surface area contributed by atoms with E-state index in [1.54, 1.807) is 0 Å². The van der Waals surface area contributed by atoms with Crippen molar-refractivity contribution >= 4 is 5.78 Å². The number of carbonyl (C=O) groups is 1. The molecule has 7 unspecified atom stereocenters. The van der Waals surface area contributed by atoms with Gasteiger partial charge in [0.1, 0.15) is 0 Å². The summed E-state index contributed by atoms with van der Waals surface area (Å²) in [5, 5.41) is 10.1. The van der Waals surface area contributed by atoms with Gasteiger partial charge in [0, 0.05) is 18.3 Å². The molecule has 0 aromatic rings. The summed E-state index contributed by atoms with van der Waals surface area (Å²) in [6.07, 6.45) is 9.28. The van der Waals surface area contributed by atoms with Gasteiger partial charge in [0.05, 0.1) is 30.5 Å².